The summed E-state index contributed by atoms with van der Waals surface area (Å²) in [6.07, 6.45) is 3.62. The Balaban J connectivity index is 2.35. The van der Waals surface area contributed by atoms with E-state index in [2.05, 4.69) is 0 Å². The Morgan fingerprint density at radius 3 is 2.82 bits per heavy atom. The zero-order valence-electron chi connectivity index (χ0n) is 6.67. The van der Waals surface area contributed by atoms with Crippen molar-refractivity contribution in [1.82, 2.24) is 0 Å². The second kappa shape index (κ2) is 3.42. The van der Waals surface area contributed by atoms with Gasteiger partial charge in [0.1, 0.15) is 0 Å². The molecule has 1 aliphatic carbocycles. The molecule has 0 bridgehead atoms. The highest BCUT2D eigenvalue weighted by Crippen LogP contribution is 2.33. The third-order valence-corrected chi connectivity index (χ3v) is 1.62. The van der Waals surface area contributed by atoms with Crippen LogP contribution >= 0.6 is 0 Å². The molecule has 0 heterocycles. The minimum atomic E-state index is -0.322. The van der Waals surface area contributed by atoms with Gasteiger partial charge < -0.3 is 10.5 Å². The van der Waals surface area contributed by atoms with Crippen LogP contribution in [0.2, 0.25) is 0 Å². The van der Waals surface area contributed by atoms with Crippen molar-refractivity contribution in [3.05, 3.63) is 11.8 Å². The first-order valence-electron chi connectivity index (χ1n) is 3.88. The minimum Gasteiger partial charge on any atom is -0.463 e. The SMILES string of the molecule is CCOC(=O)/C=C(/N)C1CC1. The maximum atomic E-state index is 10.8. The van der Waals surface area contributed by atoms with Crippen molar-refractivity contribution < 1.29 is 9.53 Å². The largest absolute Gasteiger partial charge is 0.463 e. The van der Waals surface area contributed by atoms with Crippen LogP contribution in [0.1, 0.15) is 19.8 Å². The number of hydrogen-bond acceptors (Lipinski definition) is 3. The first-order chi connectivity index (χ1) is 5.24. The number of carbonyl (C=O) groups is 1. The third kappa shape index (κ3) is 2.62. The van der Waals surface area contributed by atoms with E-state index >= 15 is 0 Å². The van der Waals surface area contributed by atoms with Crippen LogP contribution in [0.25, 0.3) is 0 Å². The number of hydrogen-bond donors (Lipinski definition) is 1. The van der Waals surface area contributed by atoms with Crippen molar-refractivity contribution in [2.45, 2.75) is 19.8 Å². The van der Waals surface area contributed by atoms with E-state index in [1.54, 1.807) is 6.92 Å². The number of allylic oxidation sites excluding steroid dienone is 1. The molecule has 1 fully saturated rings. The van der Waals surface area contributed by atoms with Gasteiger partial charge in [-0.05, 0) is 25.7 Å². The molecule has 0 unspecified atom stereocenters. The first-order valence-corrected chi connectivity index (χ1v) is 3.88. The summed E-state index contributed by atoms with van der Waals surface area (Å²) in [4.78, 5) is 10.8. The minimum absolute atomic E-state index is 0.322. The van der Waals surface area contributed by atoms with E-state index in [9.17, 15) is 4.79 Å². The summed E-state index contributed by atoms with van der Waals surface area (Å²) in [5.41, 5.74) is 6.24. The van der Waals surface area contributed by atoms with Gasteiger partial charge in [0, 0.05) is 11.8 Å². The molecular weight excluding hydrogens is 142 g/mol. The molecule has 3 nitrogen and oxygen atoms in total. The highest BCUT2D eigenvalue weighted by atomic mass is 16.5. The van der Waals surface area contributed by atoms with Crippen molar-refractivity contribution in [2.24, 2.45) is 11.7 Å². The number of carbonyl (C=O) groups excluding carboxylic acids is 1. The fraction of sp³-hybridized carbons (Fsp3) is 0.625. The van der Waals surface area contributed by atoms with Crippen LogP contribution in [0, 0.1) is 5.92 Å². The molecule has 0 saturated heterocycles. The number of ether oxygens (including phenoxy) is 1. The Morgan fingerprint density at radius 1 is 1.73 bits per heavy atom. The van der Waals surface area contributed by atoms with Gasteiger partial charge in [0.2, 0.25) is 0 Å². The normalized spacial score (nSPS) is 18.1. The van der Waals surface area contributed by atoms with E-state index in [1.807, 2.05) is 0 Å². The monoisotopic (exact) mass is 155 g/mol. The second-order valence-electron chi connectivity index (χ2n) is 2.67. The molecule has 11 heavy (non-hydrogen) atoms. The van der Waals surface area contributed by atoms with Crippen LogP contribution in [0.3, 0.4) is 0 Å². The summed E-state index contributed by atoms with van der Waals surface area (Å²) in [7, 11) is 0. The van der Waals surface area contributed by atoms with Gasteiger partial charge in [0.15, 0.2) is 0 Å². The van der Waals surface area contributed by atoms with Crippen LogP contribution in [0.15, 0.2) is 11.8 Å². The Hall–Kier alpha value is -0.990. The van der Waals surface area contributed by atoms with Gasteiger partial charge in [0.05, 0.1) is 6.61 Å². The molecule has 1 aliphatic rings. The summed E-state index contributed by atoms with van der Waals surface area (Å²) in [5, 5.41) is 0. The number of nitrogens with two attached hydrogens (primary N) is 1. The smallest absolute Gasteiger partial charge is 0.332 e. The number of rotatable bonds is 3. The van der Waals surface area contributed by atoms with Crippen molar-refractivity contribution in [2.75, 3.05) is 6.61 Å². The molecule has 0 aliphatic heterocycles. The molecule has 0 amide bonds. The van der Waals surface area contributed by atoms with E-state index in [4.69, 9.17) is 10.5 Å². The lowest BCUT2D eigenvalue weighted by atomic mass is 10.3. The molecule has 0 aromatic heterocycles. The Bertz CT molecular complexity index is 183. The highest BCUT2D eigenvalue weighted by molar-refractivity contribution is 5.82. The fourth-order valence-corrected chi connectivity index (χ4v) is 0.855. The summed E-state index contributed by atoms with van der Waals surface area (Å²) in [5.74, 6) is 0.122. The third-order valence-electron chi connectivity index (χ3n) is 1.62. The fourth-order valence-electron chi connectivity index (χ4n) is 0.855. The van der Waals surface area contributed by atoms with Crippen LogP contribution in [0.4, 0.5) is 0 Å². The standard InChI is InChI=1S/C8H13NO2/c1-2-11-8(10)5-7(9)6-3-4-6/h5-6H,2-4,9H2,1H3/b7-5+. The second-order valence-corrected chi connectivity index (χ2v) is 2.67. The van der Waals surface area contributed by atoms with E-state index < -0.39 is 0 Å². The van der Waals surface area contributed by atoms with E-state index in [-0.39, 0.29) is 5.97 Å². The molecule has 0 aromatic rings. The zero-order valence-corrected chi connectivity index (χ0v) is 6.67. The predicted molar refractivity (Wildman–Crippen MR) is 41.6 cm³/mol. The molecule has 3 heteroatoms. The lowest BCUT2D eigenvalue weighted by Gasteiger charge is -1.97. The maximum Gasteiger partial charge on any atom is 0.332 e. The molecular formula is C8H13NO2. The summed E-state index contributed by atoms with van der Waals surface area (Å²) in [6.45, 7) is 2.19. The molecule has 1 saturated carbocycles. The Morgan fingerprint density at radius 2 is 2.36 bits per heavy atom. The molecule has 2 N–H and O–H groups in total. The van der Waals surface area contributed by atoms with E-state index in [1.165, 1.54) is 6.08 Å². The van der Waals surface area contributed by atoms with Crippen LogP contribution in [-0.2, 0) is 9.53 Å². The van der Waals surface area contributed by atoms with Gasteiger partial charge in [-0.3, -0.25) is 0 Å². The lowest BCUT2D eigenvalue weighted by molar-refractivity contribution is -0.137. The van der Waals surface area contributed by atoms with Crippen LogP contribution in [-0.4, -0.2) is 12.6 Å². The average Bonchev–Trinajstić information content (AvgIpc) is 2.67. The molecule has 0 aromatic carbocycles. The average molecular weight is 155 g/mol. The lowest BCUT2D eigenvalue weighted by Crippen LogP contribution is -2.06. The van der Waals surface area contributed by atoms with Gasteiger partial charge in [-0.2, -0.15) is 0 Å². The molecule has 0 spiro atoms. The zero-order chi connectivity index (χ0) is 8.27. The van der Waals surface area contributed by atoms with Gasteiger partial charge in [0.25, 0.3) is 0 Å². The topological polar surface area (TPSA) is 52.3 Å². The maximum absolute atomic E-state index is 10.8. The van der Waals surface area contributed by atoms with Crippen LogP contribution in [0.5, 0.6) is 0 Å². The van der Waals surface area contributed by atoms with Gasteiger partial charge >= 0.3 is 5.97 Å². The molecule has 1 rings (SSSR count). The molecule has 62 valence electrons. The molecule has 0 atom stereocenters. The summed E-state index contributed by atoms with van der Waals surface area (Å²) >= 11 is 0. The highest BCUT2D eigenvalue weighted by Gasteiger charge is 2.24. The predicted octanol–water partition coefficient (Wildman–Crippen LogP) is 0.802. The molecule has 0 radical (unpaired) electrons. The van der Waals surface area contributed by atoms with E-state index in [0.717, 1.165) is 12.8 Å². The van der Waals surface area contributed by atoms with Crippen LogP contribution < -0.4 is 5.73 Å². The van der Waals surface area contributed by atoms with Gasteiger partial charge in [-0.25, -0.2) is 4.79 Å². The van der Waals surface area contributed by atoms with Crippen molar-refractivity contribution in [1.29, 1.82) is 0 Å². The quantitative estimate of drug-likeness (QED) is 0.484. The number of esters is 1. The van der Waals surface area contributed by atoms with Crippen molar-refractivity contribution in [3.63, 3.8) is 0 Å². The summed E-state index contributed by atoms with van der Waals surface area (Å²) < 4.78 is 4.70. The Kier molecular flexibility index (Phi) is 2.52. The first kappa shape index (κ1) is 8.11. The van der Waals surface area contributed by atoms with Crippen molar-refractivity contribution in [3.8, 4) is 0 Å². The van der Waals surface area contributed by atoms with Gasteiger partial charge in [-0.1, -0.05) is 0 Å². The van der Waals surface area contributed by atoms with Crippen molar-refractivity contribution >= 4 is 5.97 Å². The van der Waals surface area contributed by atoms with Gasteiger partial charge in [-0.15, -0.1) is 0 Å². The van der Waals surface area contributed by atoms with E-state index in [0.29, 0.717) is 18.2 Å². The Labute approximate surface area is 66.2 Å². The summed E-state index contributed by atoms with van der Waals surface area (Å²) in [6, 6.07) is 0.